The smallest absolute Gasteiger partial charge is 0.303 e. The standard InChI is InChI=1S/C25H34N2O5S/c28-23(15-27-24(29)17-33-16-18-8-4-3-5-9-18)26-14-20-19(21-12-13-22(20)32-21)10-6-1-2-7-11-25(30)31/h1,3-6,8-9,19-22H,2,7,10-17H2,(H,26,28)(H,27,29)(H,30,31)/t19-,20+,21-,22+/m0/s1. The number of thioether (sulfide) groups is 1. The van der Waals surface area contributed by atoms with Crippen molar-refractivity contribution in [2.24, 2.45) is 11.8 Å². The predicted octanol–water partition coefficient (Wildman–Crippen LogP) is 3.15. The van der Waals surface area contributed by atoms with Crippen molar-refractivity contribution >= 4 is 29.5 Å². The Kier molecular flexibility index (Phi) is 10.3. The topological polar surface area (TPSA) is 105 Å². The number of carboxylic acids is 1. The summed E-state index contributed by atoms with van der Waals surface area (Å²) in [7, 11) is 0. The highest BCUT2D eigenvalue weighted by Gasteiger charge is 2.47. The molecule has 2 bridgehead atoms. The molecule has 2 heterocycles. The van der Waals surface area contributed by atoms with Crippen molar-refractivity contribution in [3.8, 4) is 0 Å². The second kappa shape index (κ2) is 13.4. The molecule has 2 fully saturated rings. The number of carboxylic acid groups (broad SMARTS) is 1. The molecule has 0 spiro atoms. The third-order valence-electron chi connectivity index (χ3n) is 6.25. The van der Waals surface area contributed by atoms with E-state index in [1.165, 1.54) is 17.3 Å². The summed E-state index contributed by atoms with van der Waals surface area (Å²) in [4.78, 5) is 34.9. The fourth-order valence-corrected chi connectivity index (χ4v) is 5.40. The molecule has 33 heavy (non-hydrogen) atoms. The molecule has 2 saturated heterocycles. The van der Waals surface area contributed by atoms with Crippen LogP contribution in [0.15, 0.2) is 42.5 Å². The molecule has 3 N–H and O–H groups in total. The van der Waals surface area contributed by atoms with Crippen LogP contribution in [-0.2, 0) is 24.9 Å². The number of fused-ring (bicyclic) bond motifs is 2. The van der Waals surface area contributed by atoms with Gasteiger partial charge in [-0.05, 0) is 43.6 Å². The first kappa shape index (κ1) is 25.3. The number of carbonyl (C=O) groups is 3. The van der Waals surface area contributed by atoms with Crippen LogP contribution >= 0.6 is 11.8 Å². The zero-order valence-electron chi connectivity index (χ0n) is 18.9. The second-order valence-corrected chi connectivity index (χ2v) is 9.66. The molecule has 3 rings (SSSR count). The fraction of sp³-hybridized carbons (Fsp3) is 0.560. The monoisotopic (exact) mass is 474 g/mol. The molecule has 4 atom stereocenters. The van der Waals surface area contributed by atoms with E-state index < -0.39 is 5.97 Å². The number of unbranched alkanes of at least 4 members (excludes halogenated alkanes) is 1. The lowest BCUT2D eigenvalue weighted by molar-refractivity contribution is -0.137. The summed E-state index contributed by atoms with van der Waals surface area (Å²) in [5.74, 6) is 0.645. The SMILES string of the molecule is O=C(O)CCCC=CC[C@H]1[C@@H](CNC(=O)CNC(=O)CSCc2ccccc2)[C@H]2CC[C@@H]1O2. The lowest BCUT2D eigenvalue weighted by Crippen LogP contribution is -2.42. The number of hydrogen-bond donors (Lipinski definition) is 3. The highest BCUT2D eigenvalue weighted by molar-refractivity contribution is 7.99. The number of benzene rings is 1. The number of carbonyl (C=O) groups excluding carboxylic acids is 2. The predicted molar refractivity (Wildman–Crippen MR) is 129 cm³/mol. The van der Waals surface area contributed by atoms with Crippen molar-refractivity contribution in [1.82, 2.24) is 10.6 Å². The number of amides is 2. The van der Waals surface area contributed by atoms with Crippen molar-refractivity contribution in [1.29, 1.82) is 0 Å². The Labute approximate surface area is 199 Å². The van der Waals surface area contributed by atoms with Gasteiger partial charge in [-0.15, -0.1) is 11.8 Å². The summed E-state index contributed by atoms with van der Waals surface area (Å²) < 4.78 is 6.08. The van der Waals surface area contributed by atoms with Gasteiger partial charge in [0.15, 0.2) is 0 Å². The molecule has 1 aromatic carbocycles. The third kappa shape index (κ3) is 8.51. The van der Waals surface area contributed by atoms with Crippen LogP contribution in [0.1, 0.15) is 44.1 Å². The summed E-state index contributed by atoms with van der Waals surface area (Å²) in [5, 5.41) is 14.4. The highest BCUT2D eigenvalue weighted by Crippen LogP contribution is 2.44. The molecule has 180 valence electrons. The second-order valence-electron chi connectivity index (χ2n) is 8.67. The normalized spacial score (nSPS) is 23.6. The maximum Gasteiger partial charge on any atom is 0.303 e. The summed E-state index contributed by atoms with van der Waals surface area (Å²) in [5.41, 5.74) is 1.17. The van der Waals surface area contributed by atoms with E-state index in [9.17, 15) is 14.4 Å². The van der Waals surface area contributed by atoms with Crippen molar-refractivity contribution in [2.75, 3.05) is 18.8 Å². The Bertz CT molecular complexity index is 816. The van der Waals surface area contributed by atoms with Crippen LogP contribution < -0.4 is 10.6 Å². The quantitative estimate of drug-likeness (QED) is 0.283. The molecule has 2 aliphatic rings. The van der Waals surface area contributed by atoms with E-state index in [2.05, 4.69) is 22.8 Å². The molecular weight excluding hydrogens is 440 g/mol. The Balaban J connectivity index is 1.32. The molecule has 2 amide bonds. The fourth-order valence-electron chi connectivity index (χ4n) is 4.58. The Morgan fingerprint density at radius 3 is 2.55 bits per heavy atom. The van der Waals surface area contributed by atoms with Crippen LogP contribution in [0, 0.1) is 11.8 Å². The van der Waals surface area contributed by atoms with Gasteiger partial charge in [0.2, 0.25) is 11.8 Å². The largest absolute Gasteiger partial charge is 0.481 e. The Hall–Kier alpha value is -2.32. The van der Waals surface area contributed by atoms with Crippen LogP contribution in [-0.4, -0.2) is 53.9 Å². The van der Waals surface area contributed by atoms with Crippen molar-refractivity contribution in [2.45, 2.75) is 56.5 Å². The minimum absolute atomic E-state index is 0.0133. The average molecular weight is 475 g/mol. The summed E-state index contributed by atoms with van der Waals surface area (Å²) in [6.07, 6.45) is 9.17. The zero-order chi connectivity index (χ0) is 23.5. The van der Waals surface area contributed by atoms with Gasteiger partial charge in [-0.25, -0.2) is 0 Å². The van der Waals surface area contributed by atoms with E-state index in [4.69, 9.17) is 9.84 Å². The molecule has 0 unspecified atom stereocenters. The summed E-state index contributed by atoms with van der Waals surface area (Å²) >= 11 is 1.53. The molecule has 2 aliphatic heterocycles. The molecule has 0 aromatic heterocycles. The van der Waals surface area contributed by atoms with Crippen LogP contribution in [0.2, 0.25) is 0 Å². The van der Waals surface area contributed by atoms with Crippen molar-refractivity contribution in [3.63, 3.8) is 0 Å². The van der Waals surface area contributed by atoms with Gasteiger partial charge in [-0.1, -0.05) is 42.5 Å². The van der Waals surface area contributed by atoms with E-state index in [1.54, 1.807) is 0 Å². The van der Waals surface area contributed by atoms with Gasteiger partial charge in [0.25, 0.3) is 0 Å². The van der Waals surface area contributed by atoms with Gasteiger partial charge in [-0.2, -0.15) is 0 Å². The van der Waals surface area contributed by atoms with E-state index >= 15 is 0 Å². The van der Waals surface area contributed by atoms with Crippen molar-refractivity contribution < 1.29 is 24.2 Å². The minimum Gasteiger partial charge on any atom is -0.481 e. The van der Waals surface area contributed by atoms with Gasteiger partial charge in [-0.3, -0.25) is 14.4 Å². The van der Waals surface area contributed by atoms with Gasteiger partial charge < -0.3 is 20.5 Å². The average Bonchev–Trinajstić information content (AvgIpc) is 3.41. The third-order valence-corrected chi connectivity index (χ3v) is 7.26. The Morgan fingerprint density at radius 1 is 1.03 bits per heavy atom. The van der Waals surface area contributed by atoms with Crippen LogP contribution in [0.25, 0.3) is 0 Å². The number of ether oxygens (including phenoxy) is 1. The molecule has 0 radical (unpaired) electrons. The maximum atomic E-state index is 12.3. The molecular formula is C25H34N2O5S. The van der Waals surface area contributed by atoms with Gasteiger partial charge in [0.05, 0.1) is 24.5 Å². The van der Waals surface area contributed by atoms with Crippen molar-refractivity contribution in [3.05, 3.63) is 48.0 Å². The van der Waals surface area contributed by atoms with Gasteiger partial charge in [0.1, 0.15) is 0 Å². The van der Waals surface area contributed by atoms with E-state index in [-0.39, 0.29) is 42.9 Å². The first-order valence-corrected chi connectivity index (χ1v) is 12.9. The zero-order valence-corrected chi connectivity index (χ0v) is 19.7. The summed E-state index contributed by atoms with van der Waals surface area (Å²) in [6, 6.07) is 9.97. The van der Waals surface area contributed by atoms with E-state index in [0.29, 0.717) is 24.6 Å². The lowest BCUT2D eigenvalue weighted by Gasteiger charge is -2.27. The van der Waals surface area contributed by atoms with Crippen LogP contribution in [0.3, 0.4) is 0 Å². The first-order valence-electron chi connectivity index (χ1n) is 11.7. The van der Waals surface area contributed by atoms with Crippen LogP contribution in [0.5, 0.6) is 0 Å². The molecule has 8 heteroatoms. The number of rotatable bonds is 14. The molecule has 1 aromatic rings. The Morgan fingerprint density at radius 2 is 1.79 bits per heavy atom. The first-order chi connectivity index (χ1) is 16.0. The summed E-state index contributed by atoms with van der Waals surface area (Å²) in [6.45, 7) is 0.538. The molecule has 0 aliphatic carbocycles. The van der Waals surface area contributed by atoms with Crippen LogP contribution in [0.4, 0.5) is 0 Å². The highest BCUT2D eigenvalue weighted by atomic mass is 32.2. The van der Waals surface area contributed by atoms with Gasteiger partial charge in [0, 0.05) is 24.6 Å². The number of allylic oxidation sites excluding steroid dienone is 2. The number of aliphatic carboxylic acids is 1. The number of nitrogens with one attached hydrogen (secondary N) is 2. The van der Waals surface area contributed by atoms with Gasteiger partial charge >= 0.3 is 5.97 Å². The van der Waals surface area contributed by atoms with E-state index in [0.717, 1.165) is 31.4 Å². The number of hydrogen-bond acceptors (Lipinski definition) is 5. The lowest BCUT2D eigenvalue weighted by atomic mass is 9.77. The minimum atomic E-state index is -0.761. The molecule has 7 nitrogen and oxygen atoms in total. The maximum absolute atomic E-state index is 12.3. The molecule has 0 saturated carbocycles. The van der Waals surface area contributed by atoms with E-state index in [1.807, 2.05) is 30.3 Å².